The molecule has 1 aliphatic rings. The molecule has 0 atom stereocenters. The highest BCUT2D eigenvalue weighted by atomic mass is 32.1. The Morgan fingerprint density at radius 1 is 1.15 bits per heavy atom. The van der Waals surface area contributed by atoms with Gasteiger partial charge in [0.05, 0.1) is 22.8 Å². The fourth-order valence-corrected chi connectivity index (χ4v) is 5.13. The van der Waals surface area contributed by atoms with Gasteiger partial charge in [-0.1, -0.05) is 11.3 Å². The van der Waals surface area contributed by atoms with Crippen LogP contribution >= 0.6 is 22.7 Å². The number of nitrogens with one attached hydrogen (secondary N) is 1. The maximum absolute atomic E-state index is 12.6. The molecule has 0 spiro atoms. The summed E-state index contributed by atoms with van der Waals surface area (Å²) in [6, 6.07) is 7.40. The predicted molar refractivity (Wildman–Crippen MR) is 111 cm³/mol. The normalized spacial score (nSPS) is 13.4. The summed E-state index contributed by atoms with van der Waals surface area (Å²) in [4.78, 5) is 21.1. The molecule has 3 aromatic rings. The molecular weight excluding hydrogens is 382 g/mol. The molecule has 8 heteroatoms. The number of fused-ring (bicyclic) bond motifs is 2. The third kappa shape index (κ3) is 3.72. The van der Waals surface area contributed by atoms with Crippen LogP contribution in [0.2, 0.25) is 0 Å². The van der Waals surface area contributed by atoms with Crippen LogP contribution in [-0.4, -0.2) is 37.2 Å². The number of hydrogen-bond acceptors (Lipinski definition) is 7. The number of amides is 1. The Bertz CT molecular complexity index is 931. The zero-order chi connectivity index (χ0) is 18.8. The van der Waals surface area contributed by atoms with Gasteiger partial charge in [0.25, 0.3) is 5.91 Å². The first-order valence-corrected chi connectivity index (χ1v) is 10.7. The standard InChI is InChI=1S/C19H21N3O3S2/c1-3-22(4-2)19-21-18-16(27-19)11-15(26-18)17(23)20-12-6-7-13-14(10-12)25-9-5-8-24-13/h6-7,10-11H,3-5,8-9H2,1-2H3,(H,20,23). The Balaban J connectivity index is 1.51. The van der Waals surface area contributed by atoms with E-state index in [4.69, 9.17) is 9.47 Å². The van der Waals surface area contributed by atoms with Crippen LogP contribution in [0.5, 0.6) is 11.5 Å². The molecule has 4 rings (SSSR count). The van der Waals surface area contributed by atoms with Crippen LogP contribution in [0.3, 0.4) is 0 Å². The van der Waals surface area contributed by atoms with E-state index in [-0.39, 0.29) is 5.91 Å². The summed E-state index contributed by atoms with van der Waals surface area (Å²) in [5, 5.41) is 3.95. The van der Waals surface area contributed by atoms with E-state index in [0.29, 0.717) is 29.5 Å². The van der Waals surface area contributed by atoms with Crippen molar-refractivity contribution in [3.63, 3.8) is 0 Å². The van der Waals surface area contributed by atoms with E-state index >= 15 is 0 Å². The van der Waals surface area contributed by atoms with Crippen molar-refractivity contribution in [1.82, 2.24) is 4.98 Å². The number of benzene rings is 1. The van der Waals surface area contributed by atoms with Crippen molar-refractivity contribution in [3.05, 3.63) is 29.1 Å². The van der Waals surface area contributed by atoms with E-state index in [1.54, 1.807) is 11.3 Å². The zero-order valence-corrected chi connectivity index (χ0v) is 16.9. The first kappa shape index (κ1) is 18.1. The van der Waals surface area contributed by atoms with E-state index in [1.165, 1.54) is 11.3 Å². The van der Waals surface area contributed by atoms with Crippen molar-refractivity contribution >= 4 is 48.9 Å². The second-order valence-corrected chi connectivity index (χ2v) is 8.15. The fourth-order valence-electron chi connectivity index (χ4n) is 2.90. The van der Waals surface area contributed by atoms with Crippen molar-refractivity contribution in [2.45, 2.75) is 20.3 Å². The molecule has 0 unspecified atom stereocenters. The number of ether oxygens (including phenoxy) is 2. The number of carbonyl (C=O) groups excluding carboxylic acids is 1. The highest BCUT2D eigenvalue weighted by molar-refractivity contribution is 7.29. The van der Waals surface area contributed by atoms with Gasteiger partial charge in [0, 0.05) is 31.3 Å². The van der Waals surface area contributed by atoms with Crippen LogP contribution in [0.15, 0.2) is 24.3 Å². The lowest BCUT2D eigenvalue weighted by atomic mass is 10.2. The van der Waals surface area contributed by atoms with Gasteiger partial charge in [-0.25, -0.2) is 4.98 Å². The minimum absolute atomic E-state index is 0.135. The van der Waals surface area contributed by atoms with Crippen molar-refractivity contribution in [2.24, 2.45) is 0 Å². The Kier molecular flexibility index (Phi) is 5.18. The van der Waals surface area contributed by atoms with E-state index in [2.05, 4.69) is 29.0 Å². The molecule has 0 aliphatic carbocycles. The SMILES string of the molecule is CCN(CC)c1nc2sc(C(=O)Nc3ccc4c(c3)OCCCO4)cc2s1. The van der Waals surface area contributed by atoms with E-state index < -0.39 is 0 Å². The number of carbonyl (C=O) groups is 1. The topological polar surface area (TPSA) is 63.7 Å². The molecule has 3 heterocycles. The summed E-state index contributed by atoms with van der Waals surface area (Å²) < 4.78 is 12.4. The van der Waals surface area contributed by atoms with Crippen molar-refractivity contribution in [1.29, 1.82) is 0 Å². The largest absolute Gasteiger partial charge is 0.490 e. The van der Waals surface area contributed by atoms with Gasteiger partial charge >= 0.3 is 0 Å². The van der Waals surface area contributed by atoms with Gasteiger partial charge in [-0.15, -0.1) is 11.3 Å². The third-order valence-electron chi connectivity index (χ3n) is 4.34. The molecule has 0 bridgehead atoms. The summed E-state index contributed by atoms with van der Waals surface area (Å²) in [6.07, 6.45) is 0.852. The van der Waals surface area contributed by atoms with Gasteiger partial charge in [-0.2, -0.15) is 0 Å². The van der Waals surface area contributed by atoms with Crippen LogP contribution < -0.4 is 19.7 Å². The molecule has 27 heavy (non-hydrogen) atoms. The van der Waals surface area contributed by atoms with Crippen LogP contribution in [0.1, 0.15) is 29.9 Å². The molecule has 2 aromatic heterocycles. The first-order chi connectivity index (χ1) is 13.2. The quantitative estimate of drug-likeness (QED) is 0.674. The fraction of sp³-hybridized carbons (Fsp3) is 0.368. The molecule has 0 saturated heterocycles. The Labute approximate surface area is 165 Å². The molecule has 1 aliphatic heterocycles. The van der Waals surface area contributed by atoms with Gasteiger partial charge in [-0.05, 0) is 32.0 Å². The number of thiophene rings is 1. The highest BCUT2D eigenvalue weighted by Crippen LogP contribution is 2.36. The molecule has 0 radical (unpaired) electrons. The van der Waals surface area contributed by atoms with Crippen LogP contribution in [0.25, 0.3) is 9.53 Å². The summed E-state index contributed by atoms with van der Waals surface area (Å²) in [5.74, 6) is 1.25. The van der Waals surface area contributed by atoms with Gasteiger partial charge in [-0.3, -0.25) is 4.79 Å². The molecule has 0 fully saturated rings. The molecule has 1 aromatic carbocycles. The molecule has 142 valence electrons. The number of anilines is 2. The smallest absolute Gasteiger partial charge is 0.265 e. The minimum Gasteiger partial charge on any atom is -0.490 e. The second-order valence-electron chi connectivity index (χ2n) is 6.11. The van der Waals surface area contributed by atoms with E-state index in [9.17, 15) is 4.79 Å². The molecule has 1 amide bonds. The van der Waals surface area contributed by atoms with E-state index in [1.807, 2.05) is 24.3 Å². The average molecular weight is 404 g/mol. The number of hydrogen-bond donors (Lipinski definition) is 1. The predicted octanol–water partition coefficient (Wildman–Crippen LogP) is 4.62. The number of nitrogens with zero attached hydrogens (tertiary/aromatic N) is 2. The highest BCUT2D eigenvalue weighted by Gasteiger charge is 2.17. The lowest BCUT2D eigenvalue weighted by Crippen LogP contribution is -2.21. The van der Waals surface area contributed by atoms with Crippen molar-refractivity contribution < 1.29 is 14.3 Å². The lowest BCUT2D eigenvalue weighted by Gasteiger charge is -2.16. The van der Waals surface area contributed by atoms with Crippen LogP contribution in [0.4, 0.5) is 10.8 Å². The number of rotatable bonds is 5. The molecule has 1 N–H and O–H groups in total. The first-order valence-electron chi connectivity index (χ1n) is 9.04. The van der Waals surface area contributed by atoms with Crippen LogP contribution in [-0.2, 0) is 0 Å². The number of thiazole rings is 1. The van der Waals surface area contributed by atoms with Crippen LogP contribution in [0, 0.1) is 0 Å². The maximum Gasteiger partial charge on any atom is 0.265 e. The number of aromatic nitrogens is 1. The summed E-state index contributed by atoms with van der Waals surface area (Å²) in [6.45, 7) is 7.35. The van der Waals surface area contributed by atoms with Crippen molar-refractivity contribution in [2.75, 3.05) is 36.5 Å². The van der Waals surface area contributed by atoms with E-state index in [0.717, 1.165) is 39.9 Å². The minimum atomic E-state index is -0.135. The monoisotopic (exact) mass is 403 g/mol. The van der Waals surface area contributed by atoms with Gasteiger partial charge < -0.3 is 19.7 Å². The summed E-state index contributed by atoms with van der Waals surface area (Å²) in [7, 11) is 0. The Morgan fingerprint density at radius 2 is 1.93 bits per heavy atom. The lowest BCUT2D eigenvalue weighted by molar-refractivity contribution is 0.103. The molecule has 6 nitrogen and oxygen atoms in total. The zero-order valence-electron chi connectivity index (χ0n) is 15.3. The van der Waals surface area contributed by atoms with Gasteiger partial charge in [0.15, 0.2) is 16.6 Å². The maximum atomic E-state index is 12.6. The summed E-state index contributed by atoms with van der Waals surface area (Å²) >= 11 is 3.05. The summed E-state index contributed by atoms with van der Waals surface area (Å²) in [5.41, 5.74) is 0.692. The second kappa shape index (κ2) is 7.74. The third-order valence-corrected chi connectivity index (χ3v) is 6.56. The average Bonchev–Trinajstić information content (AvgIpc) is 3.14. The van der Waals surface area contributed by atoms with Gasteiger partial charge in [0.1, 0.15) is 4.83 Å². The molecular formula is C19H21N3O3S2. The molecule has 0 saturated carbocycles. The Morgan fingerprint density at radius 3 is 2.67 bits per heavy atom. The van der Waals surface area contributed by atoms with Gasteiger partial charge in [0.2, 0.25) is 0 Å². The van der Waals surface area contributed by atoms with Crippen molar-refractivity contribution in [3.8, 4) is 11.5 Å². The Hall–Kier alpha value is -2.32.